The zero-order valence-corrected chi connectivity index (χ0v) is 19.3. The summed E-state index contributed by atoms with van der Waals surface area (Å²) >= 11 is 0. The van der Waals surface area contributed by atoms with Crippen molar-refractivity contribution in [2.75, 3.05) is 4.90 Å². The van der Waals surface area contributed by atoms with E-state index in [9.17, 15) is 4.79 Å². The number of rotatable bonds is 6. The number of carbonyl (C=O) groups excluding carboxylic acids is 1. The summed E-state index contributed by atoms with van der Waals surface area (Å²) in [5, 5.41) is 8.56. The van der Waals surface area contributed by atoms with Crippen LogP contribution in [0.2, 0.25) is 0 Å². The molecule has 0 N–H and O–H groups in total. The zero-order valence-electron chi connectivity index (χ0n) is 19.3. The van der Waals surface area contributed by atoms with Gasteiger partial charge in [-0.3, -0.25) is 9.69 Å². The summed E-state index contributed by atoms with van der Waals surface area (Å²) in [7, 11) is 0. The Morgan fingerprint density at radius 1 is 1.06 bits per heavy atom. The second-order valence-corrected chi connectivity index (χ2v) is 9.47. The molecule has 1 fully saturated rings. The molecular weight excluding hydrogens is 424 g/mol. The first-order chi connectivity index (χ1) is 16.6. The minimum Gasteiger partial charge on any atom is -0.292 e. The van der Waals surface area contributed by atoms with Crippen LogP contribution in [-0.4, -0.2) is 30.9 Å². The maximum absolute atomic E-state index is 12.9. The molecule has 7 heteroatoms. The number of hydrogen-bond donors (Lipinski definition) is 0. The number of fused-ring (bicyclic) bond motifs is 1. The Hall–Kier alpha value is -3.87. The molecule has 1 aliphatic heterocycles. The monoisotopic (exact) mass is 450 g/mol. The van der Waals surface area contributed by atoms with Gasteiger partial charge in [0.05, 0.1) is 30.5 Å². The van der Waals surface area contributed by atoms with Gasteiger partial charge in [0.2, 0.25) is 5.91 Å². The van der Waals surface area contributed by atoms with Crippen molar-refractivity contribution in [3.63, 3.8) is 0 Å². The molecule has 0 radical (unpaired) electrons. The zero-order chi connectivity index (χ0) is 23.2. The third-order valence-electron chi connectivity index (χ3n) is 6.61. The van der Waals surface area contributed by atoms with Gasteiger partial charge < -0.3 is 0 Å². The first-order valence-electron chi connectivity index (χ1n) is 11.8. The molecule has 170 valence electrons. The van der Waals surface area contributed by atoms with Crippen LogP contribution in [0.4, 0.5) is 5.82 Å². The van der Waals surface area contributed by atoms with Crippen LogP contribution in [0.5, 0.6) is 0 Å². The molecule has 4 aromatic rings. The van der Waals surface area contributed by atoms with Gasteiger partial charge in [0.15, 0.2) is 5.82 Å². The fraction of sp³-hybridized carbons (Fsp3) is 0.296. The van der Waals surface area contributed by atoms with Crippen molar-refractivity contribution in [2.45, 2.75) is 51.5 Å². The number of benzene rings is 2. The van der Waals surface area contributed by atoms with E-state index in [2.05, 4.69) is 41.3 Å². The maximum Gasteiger partial charge on any atom is 0.233 e. The van der Waals surface area contributed by atoms with Crippen LogP contribution in [0.15, 0.2) is 60.9 Å². The van der Waals surface area contributed by atoms with Crippen LogP contribution in [0, 0.1) is 0 Å². The van der Waals surface area contributed by atoms with Crippen molar-refractivity contribution < 1.29 is 4.79 Å². The SMILES string of the molecule is CC(C)c1ccccc1-c1ncc2c(n1)N(Cc1ccc(-n3cc(C4CC4)nn3)cc1)C(=O)C2. The average Bonchev–Trinajstić information content (AvgIpc) is 3.51. The van der Waals surface area contributed by atoms with E-state index < -0.39 is 0 Å². The first kappa shape index (κ1) is 20.7. The van der Waals surface area contributed by atoms with Crippen LogP contribution in [-0.2, 0) is 17.8 Å². The van der Waals surface area contributed by atoms with Gasteiger partial charge in [0, 0.05) is 23.2 Å². The van der Waals surface area contributed by atoms with Gasteiger partial charge in [-0.2, -0.15) is 0 Å². The molecule has 0 bridgehead atoms. The normalized spacial score (nSPS) is 15.3. The highest BCUT2D eigenvalue weighted by Gasteiger charge is 2.30. The molecule has 1 aliphatic carbocycles. The molecule has 3 heterocycles. The molecule has 0 atom stereocenters. The smallest absolute Gasteiger partial charge is 0.233 e. The molecule has 34 heavy (non-hydrogen) atoms. The highest BCUT2D eigenvalue weighted by Crippen LogP contribution is 2.38. The van der Waals surface area contributed by atoms with Gasteiger partial charge in [0.1, 0.15) is 5.82 Å². The van der Waals surface area contributed by atoms with Crippen molar-refractivity contribution >= 4 is 11.7 Å². The maximum atomic E-state index is 12.9. The van der Waals surface area contributed by atoms with Crippen LogP contribution in [0.1, 0.15) is 60.9 Å². The topological polar surface area (TPSA) is 76.8 Å². The van der Waals surface area contributed by atoms with Crippen LogP contribution in [0.25, 0.3) is 17.1 Å². The highest BCUT2D eigenvalue weighted by molar-refractivity contribution is 6.00. The van der Waals surface area contributed by atoms with Gasteiger partial charge >= 0.3 is 0 Å². The Balaban J connectivity index is 1.26. The third kappa shape index (κ3) is 3.77. The first-order valence-corrected chi connectivity index (χ1v) is 11.8. The van der Waals surface area contributed by atoms with Crippen molar-refractivity contribution in [1.82, 2.24) is 25.0 Å². The number of anilines is 1. The predicted molar refractivity (Wildman–Crippen MR) is 130 cm³/mol. The van der Waals surface area contributed by atoms with Gasteiger partial charge in [0.25, 0.3) is 0 Å². The molecule has 6 rings (SSSR count). The van der Waals surface area contributed by atoms with E-state index in [-0.39, 0.29) is 5.91 Å². The molecule has 0 spiro atoms. The lowest BCUT2D eigenvalue weighted by atomic mass is 9.97. The molecule has 2 aromatic heterocycles. The number of carbonyl (C=O) groups is 1. The van der Waals surface area contributed by atoms with Crippen molar-refractivity contribution in [1.29, 1.82) is 0 Å². The summed E-state index contributed by atoms with van der Waals surface area (Å²) in [6.45, 7) is 4.80. The van der Waals surface area contributed by atoms with E-state index in [1.165, 1.54) is 18.4 Å². The molecular formula is C27H26N6O. The molecule has 0 unspecified atom stereocenters. The second kappa shape index (κ2) is 8.17. The molecule has 0 saturated heterocycles. The van der Waals surface area contributed by atoms with Gasteiger partial charge in [-0.15, -0.1) is 5.10 Å². The summed E-state index contributed by atoms with van der Waals surface area (Å²) in [5.74, 6) is 2.36. The predicted octanol–water partition coefficient (Wildman–Crippen LogP) is 4.81. The van der Waals surface area contributed by atoms with Crippen LogP contribution >= 0.6 is 0 Å². The largest absolute Gasteiger partial charge is 0.292 e. The molecule has 7 nitrogen and oxygen atoms in total. The highest BCUT2D eigenvalue weighted by atomic mass is 16.2. The molecule has 2 aliphatic rings. The van der Waals surface area contributed by atoms with E-state index in [0.29, 0.717) is 36.4 Å². The van der Waals surface area contributed by atoms with E-state index in [1.807, 2.05) is 47.3 Å². The van der Waals surface area contributed by atoms with E-state index in [0.717, 1.165) is 28.1 Å². The van der Waals surface area contributed by atoms with Crippen LogP contribution in [0.3, 0.4) is 0 Å². The Bertz CT molecular complexity index is 1370. The lowest BCUT2D eigenvalue weighted by Gasteiger charge is -2.18. The minimum absolute atomic E-state index is 0.0491. The van der Waals surface area contributed by atoms with E-state index in [4.69, 9.17) is 4.98 Å². The fourth-order valence-corrected chi connectivity index (χ4v) is 4.54. The van der Waals surface area contributed by atoms with Crippen LogP contribution < -0.4 is 4.90 Å². The quantitative estimate of drug-likeness (QED) is 0.421. The van der Waals surface area contributed by atoms with E-state index >= 15 is 0 Å². The molecule has 1 saturated carbocycles. The number of nitrogens with zero attached hydrogens (tertiary/aromatic N) is 6. The summed E-state index contributed by atoms with van der Waals surface area (Å²) in [5.41, 5.74) is 6.16. The summed E-state index contributed by atoms with van der Waals surface area (Å²) in [6.07, 6.45) is 6.56. The Kier molecular flexibility index (Phi) is 4.98. The second-order valence-electron chi connectivity index (χ2n) is 9.47. The lowest BCUT2D eigenvalue weighted by molar-refractivity contribution is -0.117. The Morgan fingerprint density at radius 3 is 2.62 bits per heavy atom. The van der Waals surface area contributed by atoms with Gasteiger partial charge in [-0.25, -0.2) is 14.6 Å². The van der Waals surface area contributed by atoms with Crippen molar-refractivity contribution in [3.05, 3.63) is 83.3 Å². The summed E-state index contributed by atoms with van der Waals surface area (Å²) in [4.78, 5) is 24.1. The Morgan fingerprint density at radius 2 is 1.85 bits per heavy atom. The van der Waals surface area contributed by atoms with Gasteiger partial charge in [-0.1, -0.05) is 55.5 Å². The van der Waals surface area contributed by atoms with Crippen molar-refractivity contribution in [3.8, 4) is 17.1 Å². The standard InChI is InChI=1S/C27H26N6O/c1-17(2)22-5-3-4-6-23(22)26-28-14-20-13-25(34)32(27(20)29-26)15-18-7-11-21(12-8-18)33-16-24(30-31-33)19-9-10-19/h3-8,11-12,14,16-17,19H,9-10,13,15H2,1-2H3. The Labute approximate surface area is 198 Å². The van der Waals surface area contributed by atoms with E-state index in [1.54, 1.807) is 11.1 Å². The lowest BCUT2D eigenvalue weighted by Crippen LogP contribution is -2.26. The average molecular weight is 451 g/mol. The number of hydrogen-bond acceptors (Lipinski definition) is 5. The van der Waals surface area contributed by atoms with Crippen molar-refractivity contribution in [2.24, 2.45) is 0 Å². The summed E-state index contributed by atoms with van der Waals surface area (Å²) in [6, 6.07) is 16.3. The fourth-order valence-electron chi connectivity index (χ4n) is 4.54. The number of aromatic nitrogens is 5. The minimum atomic E-state index is 0.0491. The molecule has 2 aromatic carbocycles. The van der Waals surface area contributed by atoms with Gasteiger partial charge in [-0.05, 0) is 42.0 Å². The summed E-state index contributed by atoms with van der Waals surface area (Å²) < 4.78 is 1.82. The molecule has 1 amide bonds. The third-order valence-corrected chi connectivity index (χ3v) is 6.61. The number of amides is 1.